The Labute approximate surface area is 79.2 Å². The fraction of sp³-hybridized carbons (Fsp3) is 1.00. The summed E-state index contributed by atoms with van der Waals surface area (Å²) in [6, 6.07) is 1.37. The highest BCUT2D eigenvalue weighted by Gasteiger charge is 2.01. The predicted molar refractivity (Wildman–Crippen MR) is 58.2 cm³/mol. The summed E-state index contributed by atoms with van der Waals surface area (Å²) < 4.78 is 5.59. The minimum Gasteiger partial charge on any atom is -0.421 e. The van der Waals surface area contributed by atoms with Gasteiger partial charge in [-0.15, -0.1) is 0 Å². The van der Waals surface area contributed by atoms with Crippen molar-refractivity contribution in [2.75, 3.05) is 6.61 Å². The first-order valence-electron chi connectivity index (χ1n) is 5.42. The van der Waals surface area contributed by atoms with Crippen molar-refractivity contribution in [1.29, 1.82) is 0 Å². The lowest BCUT2D eigenvalue weighted by Gasteiger charge is -2.08. The molecule has 0 N–H and O–H groups in total. The molecule has 0 saturated carbocycles. The first kappa shape index (κ1) is 12.2. The second-order valence-corrected chi connectivity index (χ2v) is 6.00. The van der Waals surface area contributed by atoms with Crippen LogP contribution >= 0.6 is 0 Å². The molecule has 0 heterocycles. The molecule has 0 bridgehead atoms. The van der Waals surface area contributed by atoms with E-state index in [2.05, 4.69) is 20.4 Å². The minimum atomic E-state index is -0.754. The third-order valence-electron chi connectivity index (χ3n) is 2.17. The van der Waals surface area contributed by atoms with E-state index in [1.807, 2.05) is 0 Å². The molecule has 1 nitrogen and oxygen atoms in total. The Kier molecular flexibility index (Phi) is 9.40. The monoisotopic (exact) mass is 188 g/mol. The molecule has 2 heteroatoms. The van der Waals surface area contributed by atoms with Gasteiger partial charge in [0.2, 0.25) is 0 Å². The van der Waals surface area contributed by atoms with Gasteiger partial charge in [-0.3, -0.25) is 0 Å². The van der Waals surface area contributed by atoms with E-state index in [1.54, 1.807) is 0 Å². The van der Waals surface area contributed by atoms with Crippen molar-refractivity contribution in [2.24, 2.45) is 0 Å². The van der Waals surface area contributed by atoms with Crippen LogP contribution in [-0.2, 0) is 4.43 Å². The fourth-order valence-electron chi connectivity index (χ4n) is 1.40. The molecule has 0 spiro atoms. The van der Waals surface area contributed by atoms with Crippen LogP contribution in [0.25, 0.3) is 0 Å². The summed E-state index contributed by atoms with van der Waals surface area (Å²) in [6.45, 7) is 7.59. The van der Waals surface area contributed by atoms with E-state index in [0.717, 1.165) is 6.61 Å². The molecule has 74 valence electrons. The van der Waals surface area contributed by atoms with Crippen molar-refractivity contribution in [2.45, 2.75) is 58.5 Å². The van der Waals surface area contributed by atoms with E-state index in [4.69, 9.17) is 4.43 Å². The maximum absolute atomic E-state index is 5.59. The molecule has 0 aromatic heterocycles. The zero-order chi connectivity index (χ0) is 9.23. The Balaban J connectivity index is 2.97. The van der Waals surface area contributed by atoms with Gasteiger partial charge in [0.25, 0.3) is 0 Å². The largest absolute Gasteiger partial charge is 0.421 e. The smallest absolute Gasteiger partial charge is 0.173 e. The zero-order valence-corrected chi connectivity index (χ0v) is 10.1. The first-order valence-corrected chi connectivity index (χ1v) is 7.87. The highest BCUT2D eigenvalue weighted by molar-refractivity contribution is 6.50. The molecular formula is C10H24OSi. The Hall–Kier alpha value is 0.177. The van der Waals surface area contributed by atoms with E-state index in [0.29, 0.717) is 0 Å². The van der Waals surface area contributed by atoms with Gasteiger partial charge in [-0.05, 0) is 19.5 Å². The van der Waals surface area contributed by atoms with Crippen LogP contribution in [0, 0.1) is 0 Å². The van der Waals surface area contributed by atoms with Crippen LogP contribution in [0.4, 0.5) is 0 Å². The molecule has 12 heavy (non-hydrogen) atoms. The van der Waals surface area contributed by atoms with Crippen LogP contribution in [0.1, 0.15) is 46.0 Å². The second-order valence-electron chi connectivity index (χ2n) is 3.47. The highest BCUT2D eigenvalue weighted by Crippen LogP contribution is 2.07. The Bertz CT molecular complexity index is 85.9. The van der Waals surface area contributed by atoms with Gasteiger partial charge in [-0.2, -0.15) is 0 Å². The topological polar surface area (TPSA) is 9.23 Å². The van der Waals surface area contributed by atoms with E-state index < -0.39 is 9.04 Å². The van der Waals surface area contributed by atoms with Gasteiger partial charge in [0.05, 0.1) is 0 Å². The van der Waals surface area contributed by atoms with Crippen LogP contribution in [0.3, 0.4) is 0 Å². The summed E-state index contributed by atoms with van der Waals surface area (Å²) in [5.41, 5.74) is 0. The lowest BCUT2D eigenvalue weighted by molar-refractivity contribution is 0.344. The molecule has 0 amide bonds. The van der Waals surface area contributed by atoms with Crippen LogP contribution < -0.4 is 0 Å². The molecule has 1 unspecified atom stereocenters. The number of hydrogen-bond donors (Lipinski definition) is 0. The van der Waals surface area contributed by atoms with Gasteiger partial charge in [0, 0.05) is 6.61 Å². The van der Waals surface area contributed by atoms with Crippen molar-refractivity contribution >= 4 is 9.04 Å². The Morgan fingerprint density at radius 1 is 1.00 bits per heavy atom. The van der Waals surface area contributed by atoms with Gasteiger partial charge in [-0.25, -0.2) is 0 Å². The average Bonchev–Trinajstić information content (AvgIpc) is 2.05. The molecule has 0 saturated heterocycles. The summed E-state index contributed by atoms with van der Waals surface area (Å²) in [4.78, 5) is 0. The molecule has 1 atom stereocenters. The maximum atomic E-state index is 5.59. The van der Waals surface area contributed by atoms with Crippen LogP contribution in [0.2, 0.25) is 12.6 Å². The van der Waals surface area contributed by atoms with E-state index >= 15 is 0 Å². The van der Waals surface area contributed by atoms with Crippen molar-refractivity contribution in [3.8, 4) is 0 Å². The van der Waals surface area contributed by atoms with Gasteiger partial charge in [0.15, 0.2) is 9.04 Å². The van der Waals surface area contributed by atoms with Gasteiger partial charge in [-0.1, -0.05) is 39.0 Å². The highest BCUT2D eigenvalue weighted by atomic mass is 28.3. The number of hydrogen-bond acceptors (Lipinski definition) is 1. The molecule has 0 radical (unpaired) electrons. The molecule has 0 aliphatic carbocycles. The van der Waals surface area contributed by atoms with Crippen LogP contribution in [0.5, 0.6) is 0 Å². The van der Waals surface area contributed by atoms with E-state index in [1.165, 1.54) is 38.1 Å². The second kappa shape index (κ2) is 9.27. The summed E-state index contributed by atoms with van der Waals surface area (Å²) in [6.07, 6.45) is 6.98. The molecular weight excluding hydrogens is 164 g/mol. The fourth-order valence-corrected chi connectivity index (χ4v) is 3.00. The van der Waals surface area contributed by atoms with Crippen molar-refractivity contribution in [1.82, 2.24) is 0 Å². The van der Waals surface area contributed by atoms with Gasteiger partial charge < -0.3 is 4.43 Å². The summed E-state index contributed by atoms with van der Waals surface area (Å²) in [5.74, 6) is 0. The lowest BCUT2D eigenvalue weighted by Crippen LogP contribution is -2.12. The average molecular weight is 188 g/mol. The van der Waals surface area contributed by atoms with Crippen molar-refractivity contribution in [3.05, 3.63) is 0 Å². The van der Waals surface area contributed by atoms with E-state index in [9.17, 15) is 0 Å². The van der Waals surface area contributed by atoms with Crippen LogP contribution in [-0.4, -0.2) is 15.6 Å². The van der Waals surface area contributed by atoms with Gasteiger partial charge in [0.1, 0.15) is 0 Å². The van der Waals surface area contributed by atoms with Crippen molar-refractivity contribution in [3.63, 3.8) is 0 Å². The standard InChI is InChI=1S/C10H24OSi/c1-4-6-7-8-9-10-12(3)11-5-2/h12H,4-10H2,1-3H3. The SMILES string of the molecule is CCCCCCC[SiH](C)OCC. The molecule has 0 aromatic carbocycles. The molecule has 0 aliphatic rings. The molecule has 0 aliphatic heterocycles. The number of rotatable bonds is 8. The summed E-state index contributed by atoms with van der Waals surface area (Å²) in [5, 5.41) is 0. The third-order valence-corrected chi connectivity index (χ3v) is 4.29. The predicted octanol–water partition coefficient (Wildman–Crippen LogP) is 3.35. The Morgan fingerprint density at radius 3 is 2.25 bits per heavy atom. The molecule has 0 aromatic rings. The third kappa shape index (κ3) is 8.28. The van der Waals surface area contributed by atoms with Crippen LogP contribution in [0.15, 0.2) is 0 Å². The normalized spacial score (nSPS) is 13.2. The lowest BCUT2D eigenvalue weighted by atomic mass is 10.2. The summed E-state index contributed by atoms with van der Waals surface area (Å²) >= 11 is 0. The maximum Gasteiger partial charge on any atom is 0.173 e. The number of unbranched alkanes of at least 4 members (excludes halogenated alkanes) is 4. The first-order chi connectivity index (χ1) is 5.81. The van der Waals surface area contributed by atoms with Gasteiger partial charge >= 0.3 is 0 Å². The van der Waals surface area contributed by atoms with Crippen molar-refractivity contribution < 1.29 is 4.43 Å². The zero-order valence-electron chi connectivity index (χ0n) is 8.94. The molecule has 0 rings (SSSR count). The quantitative estimate of drug-likeness (QED) is 0.419. The summed E-state index contributed by atoms with van der Waals surface area (Å²) in [7, 11) is -0.754. The van der Waals surface area contributed by atoms with E-state index in [-0.39, 0.29) is 0 Å². The minimum absolute atomic E-state index is 0.754. The Morgan fingerprint density at radius 2 is 1.67 bits per heavy atom. The molecule has 0 fully saturated rings.